The molecule has 6 heteroatoms. The molecule has 0 amide bonds. The second-order valence-electron chi connectivity index (χ2n) is 4.78. The van der Waals surface area contributed by atoms with Crippen molar-refractivity contribution in [2.75, 3.05) is 39.3 Å². The third kappa shape index (κ3) is 6.29. The van der Waals surface area contributed by atoms with E-state index in [1.54, 1.807) is 0 Å². The second kappa shape index (κ2) is 10.2. The van der Waals surface area contributed by atoms with Gasteiger partial charge in [-0.15, -0.1) is 24.8 Å². The normalized spacial score (nSPS) is 16.7. The zero-order valence-corrected chi connectivity index (χ0v) is 13.4. The van der Waals surface area contributed by atoms with Gasteiger partial charge in [0.15, 0.2) is 0 Å². The molecular formula is C14H24Cl2N2O2. The van der Waals surface area contributed by atoms with Gasteiger partial charge in [-0.05, 0) is 18.6 Å². The van der Waals surface area contributed by atoms with Gasteiger partial charge in [-0.3, -0.25) is 4.90 Å². The number of benzene rings is 1. The topological polar surface area (TPSA) is 44.7 Å². The van der Waals surface area contributed by atoms with Crippen molar-refractivity contribution in [2.45, 2.75) is 13.0 Å². The summed E-state index contributed by atoms with van der Waals surface area (Å²) in [7, 11) is 0. The minimum atomic E-state index is -0.428. The highest BCUT2D eigenvalue weighted by atomic mass is 35.5. The molecular weight excluding hydrogens is 299 g/mol. The van der Waals surface area contributed by atoms with Crippen LogP contribution in [0.25, 0.3) is 0 Å². The monoisotopic (exact) mass is 322 g/mol. The first-order chi connectivity index (χ1) is 8.75. The molecule has 1 aliphatic heterocycles. The van der Waals surface area contributed by atoms with Crippen molar-refractivity contribution in [1.29, 1.82) is 0 Å². The number of nitrogens with zero attached hydrogens (tertiary/aromatic N) is 1. The molecule has 4 nitrogen and oxygen atoms in total. The highest BCUT2D eigenvalue weighted by Gasteiger charge is 2.14. The van der Waals surface area contributed by atoms with E-state index in [9.17, 15) is 5.11 Å². The zero-order chi connectivity index (χ0) is 12.8. The van der Waals surface area contributed by atoms with Crippen LogP contribution in [0.1, 0.15) is 5.56 Å². The maximum absolute atomic E-state index is 9.97. The van der Waals surface area contributed by atoms with Crippen LogP contribution in [0, 0.1) is 6.92 Å². The Hall–Kier alpha value is -0.520. The van der Waals surface area contributed by atoms with Crippen LogP contribution in [-0.4, -0.2) is 55.4 Å². The Kier molecular flexibility index (Phi) is 9.98. The van der Waals surface area contributed by atoms with Gasteiger partial charge in [-0.2, -0.15) is 0 Å². The van der Waals surface area contributed by atoms with Crippen LogP contribution in [-0.2, 0) is 0 Å². The summed E-state index contributed by atoms with van der Waals surface area (Å²) < 4.78 is 5.65. The fraction of sp³-hybridized carbons (Fsp3) is 0.571. The summed E-state index contributed by atoms with van der Waals surface area (Å²) in [5.41, 5.74) is 1.10. The van der Waals surface area contributed by atoms with E-state index in [0.29, 0.717) is 13.2 Å². The number of nitrogens with one attached hydrogen (secondary N) is 1. The maximum atomic E-state index is 9.97. The molecule has 0 saturated carbocycles. The van der Waals surface area contributed by atoms with E-state index < -0.39 is 6.10 Å². The standard InChI is InChI=1S/C14H22N2O2.2ClH/c1-12-4-2-3-5-14(12)18-11-13(17)10-16-8-6-15-7-9-16;;/h2-5,13,15,17H,6-11H2,1H3;2*1H. The number of aliphatic hydroxyl groups is 1. The quantitative estimate of drug-likeness (QED) is 0.862. The molecule has 0 aromatic heterocycles. The molecule has 2 rings (SSSR count). The number of rotatable bonds is 5. The number of para-hydroxylation sites is 1. The van der Waals surface area contributed by atoms with E-state index in [4.69, 9.17) is 4.74 Å². The number of aliphatic hydroxyl groups excluding tert-OH is 1. The first-order valence-corrected chi connectivity index (χ1v) is 6.55. The van der Waals surface area contributed by atoms with Gasteiger partial charge >= 0.3 is 0 Å². The zero-order valence-electron chi connectivity index (χ0n) is 11.7. The van der Waals surface area contributed by atoms with Crippen LogP contribution in [0.4, 0.5) is 0 Å². The van der Waals surface area contributed by atoms with Crippen LogP contribution in [0.15, 0.2) is 24.3 Å². The average molecular weight is 323 g/mol. The lowest BCUT2D eigenvalue weighted by Crippen LogP contribution is -2.47. The summed E-state index contributed by atoms with van der Waals surface area (Å²) in [5.74, 6) is 0.858. The minimum Gasteiger partial charge on any atom is -0.491 e. The molecule has 1 heterocycles. The van der Waals surface area contributed by atoms with E-state index >= 15 is 0 Å². The highest BCUT2D eigenvalue weighted by Crippen LogP contribution is 2.16. The lowest BCUT2D eigenvalue weighted by molar-refractivity contribution is 0.0639. The van der Waals surface area contributed by atoms with E-state index in [0.717, 1.165) is 37.5 Å². The number of hydrogen-bond acceptors (Lipinski definition) is 4. The number of hydrogen-bond donors (Lipinski definition) is 2. The molecule has 1 fully saturated rings. The first-order valence-electron chi connectivity index (χ1n) is 6.55. The van der Waals surface area contributed by atoms with Crippen molar-refractivity contribution in [2.24, 2.45) is 0 Å². The Labute approximate surface area is 133 Å². The number of piperazine rings is 1. The lowest BCUT2D eigenvalue weighted by atomic mass is 10.2. The molecule has 1 aliphatic rings. The molecule has 1 saturated heterocycles. The molecule has 0 aliphatic carbocycles. The van der Waals surface area contributed by atoms with Gasteiger partial charge in [-0.1, -0.05) is 18.2 Å². The molecule has 116 valence electrons. The van der Waals surface area contributed by atoms with Crippen LogP contribution >= 0.6 is 24.8 Å². The molecule has 1 atom stereocenters. The van der Waals surface area contributed by atoms with Gasteiger partial charge in [0.2, 0.25) is 0 Å². The van der Waals surface area contributed by atoms with Crippen molar-refractivity contribution >= 4 is 24.8 Å². The molecule has 20 heavy (non-hydrogen) atoms. The van der Waals surface area contributed by atoms with Crippen LogP contribution in [0.5, 0.6) is 5.75 Å². The Morgan fingerprint density at radius 1 is 1.25 bits per heavy atom. The smallest absolute Gasteiger partial charge is 0.122 e. The average Bonchev–Trinajstić information content (AvgIpc) is 2.39. The largest absolute Gasteiger partial charge is 0.491 e. The molecule has 0 radical (unpaired) electrons. The third-order valence-electron chi connectivity index (χ3n) is 3.20. The van der Waals surface area contributed by atoms with Gasteiger partial charge in [-0.25, -0.2) is 0 Å². The van der Waals surface area contributed by atoms with Crippen LogP contribution < -0.4 is 10.1 Å². The summed E-state index contributed by atoms with van der Waals surface area (Å²) in [4.78, 5) is 2.27. The van der Waals surface area contributed by atoms with Crippen molar-refractivity contribution in [1.82, 2.24) is 10.2 Å². The van der Waals surface area contributed by atoms with Crippen molar-refractivity contribution in [3.05, 3.63) is 29.8 Å². The fourth-order valence-corrected chi connectivity index (χ4v) is 2.15. The number of halogens is 2. The van der Waals surface area contributed by atoms with E-state index in [2.05, 4.69) is 10.2 Å². The van der Waals surface area contributed by atoms with E-state index in [1.165, 1.54) is 0 Å². The van der Waals surface area contributed by atoms with Crippen molar-refractivity contribution in [3.8, 4) is 5.75 Å². The van der Waals surface area contributed by atoms with Gasteiger partial charge in [0, 0.05) is 32.7 Å². The van der Waals surface area contributed by atoms with Gasteiger partial charge in [0.1, 0.15) is 18.5 Å². The lowest BCUT2D eigenvalue weighted by Gasteiger charge is -2.29. The number of β-amino-alcohol motifs (C(OH)–C–C–N with tert-alkyl or cyclic N) is 1. The number of ether oxygens (including phenoxy) is 1. The summed E-state index contributed by atoms with van der Waals surface area (Å²) in [5, 5.41) is 13.3. The fourth-order valence-electron chi connectivity index (χ4n) is 2.15. The van der Waals surface area contributed by atoms with Crippen LogP contribution in [0.2, 0.25) is 0 Å². The predicted molar refractivity (Wildman–Crippen MR) is 86.5 cm³/mol. The molecule has 1 unspecified atom stereocenters. The van der Waals surface area contributed by atoms with E-state index in [1.807, 2.05) is 31.2 Å². The molecule has 1 aromatic rings. The van der Waals surface area contributed by atoms with Crippen molar-refractivity contribution in [3.63, 3.8) is 0 Å². The summed E-state index contributed by atoms with van der Waals surface area (Å²) in [6.45, 7) is 7.07. The third-order valence-corrected chi connectivity index (χ3v) is 3.20. The number of aryl methyl sites for hydroxylation is 1. The SMILES string of the molecule is Cc1ccccc1OCC(O)CN1CCNCC1.Cl.Cl. The Bertz CT molecular complexity index is 374. The first kappa shape index (κ1) is 19.5. The summed E-state index contributed by atoms with van der Waals surface area (Å²) in [6, 6.07) is 7.88. The van der Waals surface area contributed by atoms with Gasteiger partial charge in [0.05, 0.1) is 0 Å². The van der Waals surface area contributed by atoms with E-state index in [-0.39, 0.29) is 24.8 Å². The molecule has 2 N–H and O–H groups in total. The van der Waals surface area contributed by atoms with Gasteiger partial charge < -0.3 is 15.2 Å². The van der Waals surface area contributed by atoms with Gasteiger partial charge in [0.25, 0.3) is 0 Å². The second-order valence-corrected chi connectivity index (χ2v) is 4.78. The predicted octanol–water partition coefficient (Wildman–Crippen LogP) is 1.48. The van der Waals surface area contributed by atoms with Crippen LogP contribution in [0.3, 0.4) is 0 Å². The van der Waals surface area contributed by atoms with Crippen molar-refractivity contribution < 1.29 is 9.84 Å². The summed E-state index contributed by atoms with van der Waals surface area (Å²) in [6.07, 6.45) is -0.428. The Morgan fingerprint density at radius 2 is 1.90 bits per heavy atom. The highest BCUT2D eigenvalue weighted by molar-refractivity contribution is 5.85. The Balaban J connectivity index is 0.00000180. The minimum absolute atomic E-state index is 0. The maximum Gasteiger partial charge on any atom is 0.122 e. The molecule has 1 aromatic carbocycles. The molecule has 0 spiro atoms. The molecule has 0 bridgehead atoms. The Morgan fingerprint density at radius 3 is 2.55 bits per heavy atom. The summed E-state index contributed by atoms with van der Waals surface area (Å²) >= 11 is 0.